The standard InChI is InChI=1S/C18H15F4N3O2/c19-15-2-1-11(10-26)7-14(15)17(27)25-6-4-13(9-25)24-16-8-12(3-5-23-16)18(20,21)22/h1-3,5,7-8,10,13H,4,6,9H2,(H,23,24). The molecule has 1 aromatic carbocycles. The zero-order valence-electron chi connectivity index (χ0n) is 14.0. The lowest BCUT2D eigenvalue weighted by Crippen LogP contribution is -2.32. The van der Waals surface area contributed by atoms with Crippen molar-refractivity contribution >= 4 is 18.0 Å². The van der Waals surface area contributed by atoms with E-state index in [0.29, 0.717) is 19.3 Å². The molecule has 0 aliphatic carbocycles. The Morgan fingerprint density at radius 3 is 2.74 bits per heavy atom. The predicted octanol–water partition coefficient (Wildman–Crippen LogP) is 3.38. The third kappa shape index (κ3) is 4.24. The van der Waals surface area contributed by atoms with Gasteiger partial charge in [-0.2, -0.15) is 13.2 Å². The molecule has 9 heteroatoms. The predicted molar refractivity (Wildman–Crippen MR) is 89.0 cm³/mol. The molecular formula is C18H15F4N3O2. The topological polar surface area (TPSA) is 62.3 Å². The first-order chi connectivity index (χ1) is 12.8. The number of hydrogen-bond acceptors (Lipinski definition) is 4. The van der Waals surface area contributed by atoms with Crippen LogP contribution in [0.3, 0.4) is 0 Å². The Bertz CT molecular complexity index is 870. The third-order valence-electron chi connectivity index (χ3n) is 4.27. The van der Waals surface area contributed by atoms with E-state index in [2.05, 4.69) is 10.3 Å². The first kappa shape index (κ1) is 18.8. The fraction of sp³-hybridized carbons (Fsp3) is 0.278. The molecule has 1 atom stereocenters. The molecule has 142 valence electrons. The van der Waals surface area contributed by atoms with Crippen LogP contribution in [0, 0.1) is 5.82 Å². The maximum atomic E-state index is 13.9. The van der Waals surface area contributed by atoms with Crippen molar-refractivity contribution in [1.82, 2.24) is 9.88 Å². The molecule has 1 amide bonds. The largest absolute Gasteiger partial charge is 0.416 e. The van der Waals surface area contributed by atoms with Gasteiger partial charge in [-0.25, -0.2) is 9.37 Å². The van der Waals surface area contributed by atoms with Crippen LogP contribution in [0.25, 0.3) is 0 Å². The van der Waals surface area contributed by atoms with Gasteiger partial charge >= 0.3 is 6.18 Å². The molecule has 1 aliphatic rings. The van der Waals surface area contributed by atoms with Crippen LogP contribution in [0.15, 0.2) is 36.5 Å². The monoisotopic (exact) mass is 381 g/mol. The van der Waals surface area contributed by atoms with E-state index in [1.807, 2.05) is 0 Å². The minimum absolute atomic E-state index is 0.0539. The van der Waals surface area contributed by atoms with Crippen LogP contribution in [0.1, 0.15) is 32.7 Å². The summed E-state index contributed by atoms with van der Waals surface area (Å²) in [4.78, 5) is 28.6. The van der Waals surface area contributed by atoms with Crippen molar-refractivity contribution < 1.29 is 27.2 Å². The van der Waals surface area contributed by atoms with E-state index < -0.39 is 23.5 Å². The maximum absolute atomic E-state index is 13.9. The quantitative estimate of drug-likeness (QED) is 0.652. The Hall–Kier alpha value is -2.97. The van der Waals surface area contributed by atoms with Gasteiger partial charge < -0.3 is 10.2 Å². The van der Waals surface area contributed by atoms with Gasteiger partial charge in [0.1, 0.15) is 17.9 Å². The number of rotatable bonds is 4. The molecule has 1 aromatic heterocycles. The highest BCUT2D eigenvalue weighted by Gasteiger charge is 2.32. The molecule has 0 spiro atoms. The van der Waals surface area contributed by atoms with E-state index in [-0.39, 0.29) is 29.5 Å². The highest BCUT2D eigenvalue weighted by Crippen LogP contribution is 2.30. The van der Waals surface area contributed by atoms with Crippen molar-refractivity contribution in [3.05, 3.63) is 59.0 Å². The highest BCUT2D eigenvalue weighted by atomic mass is 19.4. The summed E-state index contributed by atoms with van der Waals surface area (Å²) in [5.74, 6) is -1.25. The molecule has 3 rings (SSSR count). The molecule has 0 saturated carbocycles. The van der Waals surface area contributed by atoms with Crippen LogP contribution in [0.2, 0.25) is 0 Å². The number of anilines is 1. The van der Waals surface area contributed by atoms with Crippen LogP contribution in [0.4, 0.5) is 23.4 Å². The van der Waals surface area contributed by atoms with Gasteiger partial charge in [0.05, 0.1) is 11.1 Å². The second-order valence-electron chi connectivity index (χ2n) is 6.17. The molecule has 2 heterocycles. The average molecular weight is 381 g/mol. The van der Waals surface area contributed by atoms with Gasteiger partial charge in [-0.3, -0.25) is 9.59 Å². The molecule has 1 saturated heterocycles. The number of alkyl halides is 3. The van der Waals surface area contributed by atoms with Crippen LogP contribution in [-0.4, -0.2) is 41.2 Å². The van der Waals surface area contributed by atoms with Crippen molar-refractivity contribution in [2.45, 2.75) is 18.6 Å². The molecule has 27 heavy (non-hydrogen) atoms. The Labute approximate surface area is 152 Å². The first-order valence-corrected chi connectivity index (χ1v) is 8.11. The fourth-order valence-corrected chi connectivity index (χ4v) is 2.91. The van der Waals surface area contributed by atoms with E-state index in [0.717, 1.165) is 24.4 Å². The van der Waals surface area contributed by atoms with Crippen LogP contribution in [0.5, 0.6) is 0 Å². The lowest BCUT2D eigenvalue weighted by Gasteiger charge is -2.18. The normalized spacial score (nSPS) is 17.0. The molecule has 1 fully saturated rings. The van der Waals surface area contributed by atoms with E-state index in [4.69, 9.17) is 0 Å². The molecular weight excluding hydrogens is 366 g/mol. The van der Waals surface area contributed by atoms with E-state index in [1.165, 1.54) is 17.0 Å². The van der Waals surface area contributed by atoms with Gasteiger partial charge in [0.15, 0.2) is 0 Å². The highest BCUT2D eigenvalue weighted by molar-refractivity contribution is 5.96. The summed E-state index contributed by atoms with van der Waals surface area (Å²) in [5, 5.41) is 2.87. The van der Waals surface area contributed by atoms with Gasteiger partial charge in [0.2, 0.25) is 0 Å². The van der Waals surface area contributed by atoms with E-state index in [9.17, 15) is 27.2 Å². The van der Waals surface area contributed by atoms with Crippen molar-refractivity contribution in [2.24, 2.45) is 0 Å². The Balaban J connectivity index is 1.69. The Kier molecular flexibility index (Phi) is 5.11. The van der Waals surface area contributed by atoms with Crippen LogP contribution in [-0.2, 0) is 6.18 Å². The number of carbonyl (C=O) groups is 2. The summed E-state index contributed by atoms with van der Waals surface area (Å²) in [6.07, 6.45) is -2.43. The Morgan fingerprint density at radius 1 is 1.26 bits per heavy atom. The van der Waals surface area contributed by atoms with Crippen LogP contribution < -0.4 is 5.32 Å². The van der Waals surface area contributed by atoms with Crippen molar-refractivity contribution in [3.8, 4) is 0 Å². The number of carbonyl (C=O) groups excluding carboxylic acids is 2. The van der Waals surface area contributed by atoms with Gasteiger partial charge in [0.25, 0.3) is 5.91 Å². The van der Waals surface area contributed by atoms with Gasteiger partial charge in [-0.1, -0.05) is 0 Å². The van der Waals surface area contributed by atoms with Crippen molar-refractivity contribution in [1.29, 1.82) is 0 Å². The summed E-state index contributed by atoms with van der Waals surface area (Å²) in [7, 11) is 0. The zero-order chi connectivity index (χ0) is 19.6. The number of amides is 1. The van der Waals surface area contributed by atoms with E-state index in [1.54, 1.807) is 0 Å². The second kappa shape index (κ2) is 7.34. The second-order valence-corrected chi connectivity index (χ2v) is 6.17. The number of aldehydes is 1. The zero-order valence-corrected chi connectivity index (χ0v) is 14.0. The Morgan fingerprint density at radius 2 is 2.04 bits per heavy atom. The summed E-state index contributed by atoms with van der Waals surface area (Å²) in [6, 6.07) is 4.96. The number of pyridine rings is 1. The fourth-order valence-electron chi connectivity index (χ4n) is 2.91. The molecule has 2 aromatic rings. The molecule has 1 unspecified atom stereocenters. The van der Waals surface area contributed by atoms with Crippen molar-refractivity contribution in [3.63, 3.8) is 0 Å². The minimum Gasteiger partial charge on any atom is -0.365 e. The summed E-state index contributed by atoms with van der Waals surface area (Å²) in [6.45, 7) is 0.488. The van der Waals surface area contributed by atoms with Gasteiger partial charge in [0, 0.05) is 30.9 Å². The molecule has 1 aliphatic heterocycles. The van der Waals surface area contributed by atoms with Crippen molar-refractivity contribution in [2.75, 3.05) is 18.4 Å². The third-order valence-corrected chi connectivity index (χ3v) is 4.27. The summed E-state index contributed by atoms with van der Waals surface area (Å²) < 4.78 is 52.2. The van der Waals surface area contributed by atoms with Crippen LogP contribution >= 0.6 is 0 Å². The van der Waals surface area contributed by atoms with E-state index >= 15 is 0 Å². The minimum atomic E-state index is -4.47. The summed E-state index contributed by atoms with van der Waals surface area (Å²) in [5.41, 5.74) is -0.849. The summed E-state index contributed by atoms with van der Waals surface area (Å²) >= 11 is 0. The number of benzene rings is 1. The molecule has 0 radical (unpaired) electrons. The SMILES string of the molecule is O=Cc1ccc(F)c(C(=O)N2CCC(Nc3cc(C(F)(F)F)ccn3)C2)c1. The maximum Gasteiger partial charge on any atom is 0.416 e. The average Bonchev–Trinajstić information content (AvgIpc) is 3.09. The number of hydrogen-bond donors (Lipinski definition) is 1. The number of nitrogens with one attached hydrogen (secondary N) is 1. The number of likely N-dealkylation sites (tertiary alicyclic amines) is 1. The lowest BCUT2D eigenvalue weighted by atomic mass is 10.1. The van der Waals surface area contributed by atoms with Gasteiger partial charge in [-0.15, -0.1) is 0 Å². The molecule has 0 bridgehead atoms. The molecule has 5 nitrogen and oxygen atoms in total. The number of aromatic nitrogens is 1. The number of nitrogens with zero attached hydrogens (tertiary/aromatic N) is 2. The first-order valence-electron chi connectivity index (χ1n) is 8.11. The lowest BCUT2D eigenvalue weighted by molar-refractivity contribution is -0.137. The smallest absolute Gasteiger partial charge is 0.365 e. The number of halogens is 4. The molecule has 1 N–H and O–H groups in total. The van der Waals surface area contributed by atoms with Gasteiger partial charge in [-0.05, 0) is 36.8 Å².